The summed E-state index contributed by atoms with van der Waals surface area (Å²) in [4.78, 5) is 4.50. The van der Waals surface area contributed by atoms with Crippen LogP contribution in [0.3, 0.4) is 0 Å². The molecule has 0 amide bonds. The van der Waals surface area contributed by atoms with E-state index in [2.05, 4.69) is 18.0 Å². The van der Waals surface area contributed by atoms with Crippen molar-refractivity contribution in [3.05, 3.63) is 42.1 Å². The van der Waals surface area contributed by atoms with Crippen molar-refractivity contribution in [1.29, 1.82) is 5.26 Å². The number of nitriles is 1. The number of methoxy groups -OCH3 is 2. The molecule has 7 heteroatoms. The zero-order valence-corrected chi connectivity index (χ0v) is 18.9. The Morgan fingerprint density at radius 2 is 2.06 bits per heavy atom. The molecular formula is C25H30N4O3. The summed E-state index contributed by atoms with van der Waals surface area (Å²) in [5, 5.41) is 9.81. The molecule has 7 nitrogen and oxygen atoms in total. The third kappa shape index (κ3) is 4.11. The van der Waals surface area contributed by atoms with Crippen molar-refractivity contribution in [2.24, 2.45) is 11.7 Å². The number of ether oxygens (including phenoxy) is 3. The second kappa shape index (κ2) is 9.09. The van der Waals surface area contributed by atoms with Gasteiger partial charge in [-0.15, -0.1) is 0 Å². The van der Waals surface area contributed by atoms with E-state index in [0.29, 0.717) is 35.5 Å². The highest BCUT2D eigenvalue weighted by Crippen LogP contribution is 2.38. The smallest absolute Gasteiger partial charge is 0.199 e. The van der Waals surface area contributed by atoms with Crippen LogP contribution in [0.4, 0.5) is 0 Å². The van der Waals surface area contributed by atoms with Crippen LogP contribution in [0.5, 0.6) is 17.4 Å². The lowest BCUT2D eigenvalue weighted by Gasteiger charge is -2.37. The molecule has 2 atom stereocenters. The average molecular weight is 435 g/mol. The number of imidazole rings is 1. The van der Waals surface area contributed by atoms with Crippen molar-refractivity contribution in [2.75, 3.05) is 20.8 Å². The molecule has 1 saturated carbocycles. The van der Waals surface area contributed by atoms with Gasteiger partial charge in [-0.3, -0.25) is 4.40 Å². The normalized spacial score (nSPS) is 20.7. The highest BCUT2D eigenvalue weighted by atomic mass is 16.5. The molecule has 32 heavy (non-hydrogen) atoms. The van der Waals surface area contributed by atoms with Crippen LogP contribution in [0, 0.1) is 17.2 Å². The van der Waals surface area contributed by atoms with Crippen LogP contribution in [0.15, 0.2) is 36.5 Å². The van der Waals surface area contributed by atoms with Crippen LogP contribution in [0.1, 0.15) is 44.6 Å². The number of pyridine rings is 1. The maximum absolute atomic E-state index is 9.81. The molecule has 1 aliphatic rings. The minimum Gasteiger partial charge on any atom is -0.495 e. The molecule has 0 unspecified atom stereocenters. The zero-order chi connectivity index (χ0) is 22.7. The highest BCUT2D eigenvalue weighted by molar-refractivity contribution is 5.71. The number of rotatable bonds is 7. The maximum atomic E-state index is 9.81. The molecule has 2 heterocycles. The monoisotopic (exact) mass is 434 g/mol. The van der Waals surface area contributed by atoms with Gasteiger partial charge < -0.3 is 19.9 Å². The lowest BCUT2D eigenvalue weighted by molar-refractivity contribution is 0.140. The summed E-state index contributed by atoms with van der Waals surface area (Å²) in [6, 6.07) is 11.6. The van der Waals surface area contributed by atoms with E-state index in [1.54, 1.807) is 20.4 Å². The largest absolute Gasteiger partial charge is 0.495 e. The van der Waals surface area contributed by atoms with Crippen molar-refractivity contribution in [1.82, 2.24) is 9.38 Å². The lowest BCUT2D eigenvalue weighted by atomic mass is 9.76. The summed E-state index contributed by atoms with van der Waals surface area (Å²) in [7, 11) is 3.18. The van der Waals surface area contributed by atoms with E-state index >= 15 is 0 Å². The molecule has 2 N–H and O–H groups in total. The molecule has 0 spiro atoms. The standard InChI is InChI=1S/C25H30N4O3/c1-4-17-7-6-10-25(27,13-17)16-32-22-12-18(11-21(30-2)19(22)14-26)20-15-28-23-8-5-9-24(31-3)29(20)23/h5,8-9,11-12,15,17H,4,6-7,10,13,16,27H2,1-3H3/t17-,25+/m1/s1. The van der Waals surface area contributed by atoms with Crippen molar-refractivity contribution >= 4 is 5.65 Å². The predicted molar refractivity (Wildman–Crippen MR) is 123 cm³/mol. The summed E-state index contributed by atoms with van der Waals surface area (Å²) in [6.07, 6.45) is 7.09. The first-order chi connectivity index (χ1) is 15.5. The summed E-state index contributed by atoms with van der Waals surface area (Å²) in [5.74, 6) is 2.20. The molecule has 1 aliphatic carbocycles. The Hall–Kier alpha value is -3.24. The van der Waals surface area contributed by atoms with Crippen molar-refractivity contribution in [2.45, 2.75) is 44.6 Å². The molecule has 0 aliphatic heterocycles. The Balaban J connectivity index is 1.73. The Morgan fingerprint density at radius 3 is 2.78 bits per heavy atom. The van der Waals surface area contributed by atoms with Crippen LogP contribution in [-0.4, -0.2) is 35.8 Å². The summed E-state index contributed by atoms with van der Waals surface area (Å²) < 4.78 is 19.2. The fourth-order valence-electron chi connectivity index (χ4n) is 4.72. The summed E-state index contributed by atoms with van der Waals surface area (Å²) in [5.41, 5.74) is 9.08. The molecule has 0 bridgehead atoms. The van der Waals surface area contributed by atoms with Gasteiger partial charge in [0.15, 0.2) is 5.88 Å². The van der Waals surface area contributed by atoms with Gasteiger partial charge >= 0.3 is 0 Å². The molecule has 0 saturated heterocycles. The number of aromatic nitrogens is 2. The predicted octanol–water partition coefficient (Wildman–Crippen LogP) is 4.57. The third-order valence-electron chi connectivity index (χ3n) is 6.47. The van der Waals surface area contributed by atoms with E-state index in [4.69, 9.17) is 19.9 Å². The van der Waals surface area contributed by atoms with Crippen molar-refractivity contribution < 1.29 is 14.2 Å². The Kier molecular flexibility index (Phi) is 6.24. The van der Waals surface area contributed by atoms with Gasteiger partial charge in [-0.05, 0) is 43.0 Å². The zero-order valence-electron chi connectivity index (χ0n) is 18.9. The van der Waals surface area contributed by atoms with Gasteiger partial charge in [-0.1, -0.05) is 32.3 Å². The van der Waals surface area contributed by atoms with Crippen LogP contribution < -0.4 is 19.9 Å². The molecule has 1 fully saturated rings. The molecular weight excluding hydrogens is 404 g/mol. The van der Waals surface area contributed by atoms with Gasteiger partial charge in [0.25, 0.3) is 0 Å². The molecule has 1 aromatic carbocycles. The number of benzene rings is 1. The Bertz CT molecular complexity index is 1150. The topological polar surface area (TPSA) is 94.8 Å². The number of nitrogens with two attached hydrogens (primary N) is 1. The average Bonchev–Trinajstić information content (AvgIpc) is 3.26. The first-order valence-electron chi connectivity index (χ1n) is 11.1. The Labute approximate surface area is 188 Å². The van der Waals surface area contributed by atoms with Crippen LogP contribution in [0.2, 0.25) is 0 Å². The van der Waals surface area contributed by atoms with Crippen molar-refractivity contribution in [3.63, 3.8) is 0 Å². The van der Waals surface area contributed by atoms with Gasteiger partial charge in [-0.2, -0.15) is 5.26 Å². The summed E-state index contributed by atoms with van der Waals surface area (Å²) >= 11 is 0. The first-order valence-corrected chi connectivity index (χ1v) is 11.1. The van der Waals surface area contributed by atoms with E-state index in [-0.39, 0.29) is 5.54 Å². The van der Waals surface area contributed by atoms with Gasteiger partial charge in [0.05, 0.1) is 31.6 Å². The second-order valence-electron chi connectivity index (χ2n) is 8.59. The lowest BCUT2D eigenvalue weighted by Crippen LogP contribution is -2.49. The highest BCUT2D eigenvalue weighted by Gasteiger charge is 2.33. The van der Waals surface area contributed by atoms with Gasteiger partial charge in [0.1, 0.15) is 35.4 Å². The van der Waals surface area contributed by atoms with Crippen molar-refractivity contribution in [3.8, 4) is 34.7 Å². The second-order valence-corrected chi connectivity index (χ2v) is 8.59. The Morgan fingerprint density at radius 1 is 1.25 bits per heavy atom. The number of hydrogen-bond donors (Lipinski definition) is 1. The van der Waals surface area contributed by atoms with E-state index in [1.165, 1.54) is 6.42 Å². The van der Waals surface area contributed by atoms with Gasteiger partial charge in [0, 0.05) is 5.56 Å². The molecule has 168 valence electrons. The molecule has 3 aromatic rings. The SMILES string of the molecule is CC[C@@H]1CCC[C@@](N)(COc2cc(-c3cnc4cccc(OC)n34)cc(OC)c2C#N)C1. The maximum Gasteiger partial charge on any atom is 0.199 e. The number of hydrogen-bond acceptors (Lipinski definition) is 6. The number of nitrogens with zero attached hydrogens (tertiary/aromatic N) is 3. The molecule has 0 radical (unpaired) electrons. The molecule has 2 aromatic heterocycles. The minimum atomic E-state index is -0.387. The van der Waals surface area contributed by atoms with Gasteiger partial charge in [0.2, 0.25) is 0 Å². The van der Waals surface area contributed by atoms with Crippen LogP contribution in [-0.2, 0) is 0 Å². The summed E-state index contributed by atoms with van der Waals surface area (Å²) in [6.45, 7) is 2.57. The first kappa shape index (κ1) is 22.0. The minimum absolute atomic E-state index is 0.362. The van der Waals surface area contributed by atoms with E-state index in [9.17, 15) is 5.26 Å². The fourth-order valence-corrected chi connectivity index (χ4v) is 4.72. The van der Waals surface area contributed by atoms with Crippen LogP contribution in [0.25, 0.3) is 16.9 Å². The third-order valence-corrected chi connectivity index (χ3v) is 6.47. The molecule has 4 rings (SSSR count). The van der Waals surface area contributed by atoms with E-state index in [1.807, 2.05) is 34.7 Å². The fraction of sp³-hybridized carbons (Fsp3) is 0.440. The quantitative estimate of drug-likeness (QED) is 0.585. The van der Waals surface area contributed by atoms with Crippen LogP contribution >= 0.6 is 0 Å². The van der Waals surface area contributed by atoms with E-state index < -0.39 is 0 Å². The number of fused-ring (bicyclic) bond motifs is 1. The van der Waals surface area contributed by atoms with Gasteiger partial charge in [-0.25, -0.2) is 4.98 Å². The van der Waals surface area contributed by atoms with E-state index in [0.717, 1.165) is 42.6 Å².